The molecule has 34 heavy (non-hydrogen) atoms. The predicted octanol–water partition coefficient (Wildman–Crippen LogP) is 4.11. The number of fused-ring (bicyclic) bond motifs is 5. The number of carbonyl (C=O) groups excluding carboxylic acids is 3. The first-order valence-corrected chi connectivity index (χ1v) is 13.1. The maximum atomic E-state index is 12.5. The third-order valence-electron chi connectivity index (χ3n) is 8.90. The van der Waals surface area contributed by atoms with Gasteiger partial charge in [-0.2, -0.15) is 0 Å². The molecule has 7 heteroatoms. The van der Waals surface area contributed by atoms with Gasteiger partial charge in [-0.3, -0.25) is 15.0 Å². The van der Waals surface area contributed by atoms with Gasteiger partial charge < -0.3 is 10.1 Å². The third-order valence-corrected chi connectivity index (χ3v) is 8.90. The summed E-state index contributed by atoms with van der Waals surface area (Å²) in [6.07, 6.45) is 9.80. The molecule has 1 heterocycles. The molecular weight excluding hydrogens is 430 g/mol. The number of ether oxygens (including phenoxy) is 1. The van der Waals surface area contributed by atoms with Crippen LogP contribution in [0.25, 0.3) is 0 Å². The van der Waals surface area contributed by atoms with Gasteiger partial charge in [0.2, 0.25) is 0 Å². The molecule has 0 spiro atoms. The smallest absolute Gasteiger partial charge is 0.410 e. The van der Waals surface area contributed by atoms with Crippen LogP contribution in [0.5, 0.6) is 5.75 Å². The van der Waals surface area contributed by atoms with E-state index in [2.05, 4.69) is 23.7 Å². The van der Waals surface area contributed by atoms with E-state index in [1.807, 2.05) is 17.1 Å². The van der Waals surface area contributed by atoms with Crippen LogP contribution in [0.2, 0.25) is 0 Å². The Morgan fingerprint density at radius 1 is 1.09 bits per heavy atom. The minimum Gasteiger partial charge on any atom is -0.410 e. The highest BCUT2D eigenvalue weighted by Gasteiger charge is 2.54. The van der Waals surface area contributed by atoms with Crippen LogP contribution in [0.3, 0.4) is 0 Å². The second-order valence-corrected chi connectivity index (χ2v) is 10.9. The SMILES string of the molecule is C[C@]12CCC3c4ccc(OC(=O)NCC(=O)NN5CCCCCC5)cc4CCC3C1CCC2=O. The van der Waals surface area contributed by atoms with E-state index in [4.69, 9.17) is 4.74 Å². The number of nitrogens with zero attached hydrogens (tertiary/aromatic N) is 1. The molecule has 3 aliphatic carbocycles. The molecule has 3 fully saturated rings. The van der Waals surface area contributed by atoms with Crippen LogP contribution in [0, 0.1) is 17.3 Å². The van der Waals surface area contributed by atoms with E-state index in [-0.39, 0.29) is 17.9 Å². The summed E-state index contributed by atoms with van der Waals surface area (Å²) in [5, 5.41) is 4.50. The summed E-state index contributed by atoms with van der Waals surface area (Å²) in [6, 6.07) is 5.96. The second kappa shape index (κ2) is 9.68. The van der Waals surface area contributed by atoms with Crippen molar-refractivity contribution in [1.82, 2.24) is 15.8 Å². The summed E-state index contributed by atoms with van der Waals surface area (Å²) in [5.74, 6) is 2.34. The lowest BCUT2D eigenvalue weighted by Crippen LogP contribution is -2.47. The molecular formula is C27H37N3O4. The Morgan fingerprint density at radius 3 is 2.68 bits per heavy atom. The van der Waals surface area contributed by atoms with Gasteiger partial charge in [-0.1, -0.05) is 25.8 Å². The Morgan fingerprint density at radius 2 is 1.88 bits per heavy atom. The third kappa shape index (κ3) is 4.59. The van der Waals surface area contributed by atoms with E-state index >= 15 is 0 Å². The highest BCUT2D eigenvalue weighted by atomic mass is 16.6. The molecule has 4 atom stereocenters. The van der Waals surface area contributed by atoms with E-state index in [0.29, 0.717) is 29.3 Å². The van der Waals surface area contributed by atoms with Gasteiger partial charge in [-0.15, -0.1) is 0 Å². The number of Topliss-reactive ketones (excluding diaryl/α,β-unsaturated/α-hetero) is 1. The first-order chi connectivity index (χ1) is 16.4. The van der Waals surface area contributed by atoms with Crippen molar-refractivity contribution in [3.05, 3.63) is 29.3 Å². The lowest BCUT2D eigenvalue weighted by atomic mass is 9.55. The molecule has 0 radical (unpaired) electrons. The van der Waals surface area contributed by atoms with Crippen molar-refractivity contribution < 1.29 is 19.1 Å². The molecule has 5 rings (SSSR count). The lowest BCUT2D eigenvalue weighted by Gasteiger charge is -2.48. The molecule has 0 bridgehead atoms. The molecule has 1 aromatic carbocycles. The fraction of sp³-hybridized carbons (Fsp3) is 0.667. The van der Waals surface area contributed by atoms with Crippen LogP contribution >= 0.6 is 0 Å². The summed E-state index contributed by atoms with van der Waals surface area (Å²) in [7, 11) is 0. The summed E-state index contributed by atoms with van der Waals surface area (Å²) in [5.41, 5.74) is 5.37. The normalized spacial score (nSPS) is 31.0. The van der Waals surface area contributed by atoms with E-state index < -0.39 is 6.09 Å². The van der Waals surface area contributed by atoms with Crippen molar-refractivity contribution in [2.24, 2.45) is 17.3 Å². The van der Waals surface area contributed by atoms with Crippen molar-refractivity contribution in [3.63, 3.8) is 0 Å². The molecule has 1 saturated heterocycles. The Balaban J connectivity index is 1.15. The summed E-state index contributed by atoms with van der Waals surface area (Å²) < 4.78 is 5.49. The predicted molar refractivity (Wildman–Crippen MR) is 128 cm³/mol. The maximum Gasteiger partial charge on any atom is 0.413 e. The van der Waals surface area contributed by atoms with E-state index in [9.17, 15) is 14.4 Å². The zero-order chi connectivity index (χ0) is 23.7. The van der Waals surface area contributed by atoms with E-state index in [1.54, 1.807) is 0 Å². The average Bonchev–Trinajstić information content (AvgIpc) is 2.98. The first kappa shape index (κ1) is 23.3. The number of carbonyl (C=O) groups is 3. The maximum absolute atomic E-state index is 12.5. The molecule has 2 saturated carbocycles. The molecule has 0 aromatic heterocycles. The summed E-state index contributed by atoms with van der Waals surface area (Å²) >= 11 is 0. The van der Waals surface area contributed by atoms with Gasteiger partial charge in [-0.25, -0.2) is 9.80 Å². The van der Waals surface area contributed by atoms with Crippen LogP contribution in [0.4, 0.5) is 4.79 Å². The lowest BCUT2D eigenvalue weighted by molar-refractivity contribution is -0.129. The van der Waals surface area contributed by atoms with Gasteiger partial charge in [0.25, 0.3) is 5.91 Å². The number of aryl methyl sites for hydroxylation is 1. The van der Waals surface area contributed by atoms with Crippen LogP contribution in [-0.4, -0.2) is 42.4 Å². The molecule has 1 aliphatic heterocycles. The fourth-order valence-electron chi connectivity index (χ4n) is 7.09. The molecule has 184 valence electrons. The molecule has 3 unspecified atom stereocenters. The van der Waals surface area contributed by atoms with E-state index in [0.717, 1.165) is 64.5 Å². The Hall–Kier alpha value is -2.41. The minimum atomic E-state index is -0.613. The van der Waals surface area contributed by atoms with Crippen molar-refractivity contribution in [2.75, 3.05) is 19.6 Å². The van der Waals surface area contributed by atoms with Gasteiger partial charge in [0.1, 0.15) is 18.1 Å². The molecule has 2 N–H and O–H groups in total. The van der Waals surface area contributed by atoms with Crippen molar-refractivity contribution in [3.8, 4) is 5.75 Å². The molecule has 7 nitrogen and oxygen atoms in total. The highest BCUT2D eigenvalue weighted by Crippen LogP contribution is 2.59. The number of amides is 2. The fourth-order valence-corrected chi connectivity index (χ4v) is 7.09. The monoisotopic (exact) mass is 467 g/mol. The van der Waals surface area contributed by atoms with Gasteiger partial charge >= 0.3 is 6.09 Å². The van der Waals surface area contributed by atoms with Crippen molar-refractivity contribution in [1.29, 1.82) is 0 Å². The zero-order valence-electron chi connectivity index (χ0n) is 20.2. The highest BCUT2D eigenvalue weighted by molar-refractivity contribution is 5.87. The molecule has 1 aromatic rings. The Labute approximate surface area is 201 Å². The molecule has 2 amide bonds. The average molecular weight is 468 g/mol. The van der Waals surface area contributed by atoms with Crippen LogP contribution in [-0.2, 0) is 16.0 Å². The van der Waals surface area contributed by atoms with Crippen LogP contribution < -0.4 is 15.5 Å². The van der Waals surface area contributed by atoms with Crippen LogP contribution in [0.15, 0.2) is 18.2 Å². The number of ketones is 1. The second-order valence-electron chi connectivity index (χ2n) is 10.9. The van der Waals surface area contributed by atoms with Gasteiger partial charge in [0.05, 0.1) is 0 Å². The minimum absolute atomic E-state index is 0.108. The van der Waals surface area contributed by atoms with Gasteiger partial charge in [-0.05, 0) is 86.0 Å². The quantitative estimate of drug-likeness (QED) is 0.696. The topological polar surface area (TPSA) is 87.7 Å². The Kier molecular flexibility index (Phi) is 6.65. The summed E-state index contributed by atoms with van der Waals surface area (Å²) in [6.45, 7) is 3.79. The number of hydrazine groups is 1. The number of hydrogen-bond donors (Lipinski definition) is 2. The standard InChI is InChI=1S/C27H37N3O4/c1-27-13-12-21-20-9-7-19(16-18(20)6-8-22(21)23(27)10-11-24(27)31)34-26(33)28-17-25(32)29-30-14-4-2-3-5-15-30/h7,9,16,21-23H,2-6,8,10-15,17H2,1H3,(H,28,33)(H,29,32)/t21?,22?,23?,27-/m0/s1. The largest absolute Gasteiger partial charge is 0.413 e. The number of rotatable bonds is 4. The van der Waals surface area contributed by atoms with Crippen molar-refractivity contribution in [2.45, 2.75) is 77.0 Å². The van der Waals surface area contributed by atoms with Gasteiger partial charge in [0, 0.05) is 24.9 Å². The number of benzene rings is 1. The molecule has 4 aliphatic rings. The van der Waals surface area contributed by atoms with Crippen LogP contribution in [0.1, 0.15) is 81.8 Å². The summed E-state index contributed by atoms with van der Waals surface area (Å²) in [4.78, 5) is 37.0. The Bertz CT molecular complexity index is 955. The zero-order valence-corrected chi connectivity index (χ0v) is 20.2. The number of nitrogens with one attached hydrogen (secondary N) is 2. The van der Waals surface area contributed by atoms with Gasteiger partial charge in [0.15, 0.2) is 0 Å². The number of hydrogen-bond acceptors (Lipinski definition) is 5. The first-order valence-electron chi connectivity index (χ1n) is 13.1. The van der Waals surface area contributed by atoms with Crippen molar-refractivity contribution >= 4 is 17.8 Å². The van der Waals surface area contributed by atoms with E-state index in [1.165, 1.54) is 24.0 Å².